The van der Waals surface area contributed by atoms with Crippen molar-refractivity contribution in [3.63, 3.8) is 0 Å². The van der Waals surface area contributed by atoms with E-state index in [0.717, 1.165) is 5.69 Å². The molecule has 0 heterocycles. The van der Waals surface area contributed by atoms with Gasteiger partial charge in [0.05, 0.1) is 18.7 Å². The Bertz CT molecular complexity index is 488. The highest BCUT2D eigenvalue weighted by Gasteiger charge is 2.11. The number of carbonyl (C=O) groups is 2. The second-order valence-corrected chi connectivity index (χ2v) is 4.50. The second kappa shape index (κ2) is 7.49. The van der Waals surface area contributed by atoms with E-state index >= 15 is 0 Å². The van der Waals surface area contributed by atoms with Crippen LogP contribution in [0.25, 0.3) is 0 Å². The fourth-order valence-corrected chi connectivity index (χ4v) is 1.78. The fourth-order valence-electron chi connectivity index (χ4n) is 1.78. The summed E-state index contributed by atoms with van der Waals surface area (Å²) >= 11 is 0. The average molecular weight is 280 g/mol. The van der Waals surface area contributed by atoms with Gasteiger partial charge in [-0.3, -0.25) is 4.79 Å². The van der Waals surface area contributed by atoms with Crippen molar-refractivity contribution in [1.29, 1.82) is 0 Å². The Balaban J connectivity index is 2.63. The molecular weight excluding hydrogens is 260 g/mol. The number of carbonyl (C=O) groups excluding carboxylic acids is 1. The van der Waals surface area contributed by atoms with E-state index in [0.29, 0.717) is 18.7 Å². The first kappa shape index (κ1) is 16.0. The molecular formula is C14H20N2O4. The number of aryl methyl sites for hydroxylation is 1. The fraction of sp³-hybridized carbons (Fsp3) is 0.429. The molecule has 0 saturated carbocycles. The van der Waals surface area contributed by atoms with Crippen LogP contribution in [0.1, 0.15) is 15.9 Å². The van der Waals surface area contributed by atoms with Gasteiger partial charge in [-0.15, -0.1) is 0 Å². The number of hydrogen-bond acceptors (Lipinski definition) is 4. The number of rotatable bonds is 7. The zero-order chi connectivity index (χ0) is 15.1. The van der Waals surface area contributed by atoms with Gasteiger partial charge in [0, 0.05) is 26.4 Å². The van der Waals surface area contributed by atoms with Crippen LogP contribution in [0.5, 0.6) is 0 Å². The van der Waals surface area contributed by atoms with Crippen molar-refractivity contribution in [1.82, 2.24) is 5.32 Å². The first-order valence-corrected chi connectivity index (χ1v) is 6.26. The van der Waals surface area contributed by atoms with E-state index < -0.39 is 5.97 Å². The normalized spacial score (nSPS) is 10.2. The molecule has 0 unspecified atom stereocenters. The van der Waals surface area contributed by atoms with E-state index in [1.807, 2.05) is 0 Å². The number of benzene rings is 1. The Morgan fingerprint density at radius 3 is 2.65 bits per heavy atom. The molecule has 1 amide bonds. The lowest BCUT2D eigenvalue weighted by atomic mass is 10.1. The van der Waals surface area contributed by atoms with Crippen molar-refractivity contribution >= 4 is 17.6 Å². The number of aromatic carboxylic acids is 1. The minimum atomic E-state index is -0.950. The number of anilines is 1. The third-order valence-electron chi connectivity index (χ3n) is 2.89. The molecule has 0 aliphatic rings. The Hall–Kier alpha value is -2.08. The number of carboxylic acids is 1. The van der Waals surface area contributed by atoms with Crippen LogP contribution in [-0.4, -0.2) is 50.8 Å². The molecule has 0 spiro atoms. The number of likely N-dealkylation sites (N-methyl/N-ethyl adjacent to an activating group) is 1. The predicted octanol–water partition coefficient (Wildman–Crippen LogP) is 0.892. The summed E-state index contributed by atoms with van der Waals surface area (Å²) in [5.41, 5.74) is 1.74. The lowest BCUT2D eigenvalue weighted by molar-refractivity contribution is -0.119. The summed E-state index contributed by atoms with van der Waals surface area (Å²) in [5.74, 6) is -1.06. The largest absolute Gasteiger partial charge is 0.478 e. The molecule has 110 valence electrons. The van der Waals surface area contributed by atoms with Crippen molar-refractivity contribution in [2.24, 2.45) is 0 Å². The predicted molar refractivity (Wildman–Crippen MR) is 76.3 cm³/mol. The minimum absolute atomic E-state index is 0.107. The van der Waals surface area contributed by atoms with E-state index in [4.69, 9.17) is 9.84 Å². The third kappa shape index (κ3) is 4.55. The summed E-state index contributed by atoms with van der Waals surface area (Å²) in [6.07, 6.45) is 0. The maximum Gasteiger partial charge on any atom is 0.335 e. The van der Waals surface area contributed by atoms with Crippen LogP contribution < -0.4 is 10.2 Å². The summed E-state index contributed by atoms with van der Waals surface area (Å²) in [6, 6.07) is 5.00. The number of carboxylic acid groups (broad SMARTS) is 1. The lowest BCUT2D eigenvalue weighted by Crippen LogP contribution is -2.36. The molecule has 20 heavy (non-hydrogen) atoms. The molecule has 1 aromatic carbocycles. The van der Waals surface area contributed by atoms with Gasteiger partial charge in [-0.25, -0.2) is 4.79 Å². The number of ether oxygens (including phenoxy) is 1. The van der Waals surface area contributed by atoms with Gasteiger partial charge in [-0.05, 0) is 30.7 Å². The number of methoxy groups -OCH3 is 1. The molecule has 2 N–H and O–H groups in total. The number of nitrogens with one attached hydrogen (secondary N) is 1. The van der Waals surface area contributed by atoms with Gasteiger partial charge in [0.2, 0.25) is 5.91 Å². The van der Waals surface area contributed by atoms with Gasteiger partial charge in [-0.2, -0.15) is 0 Å². The summed E-state index contributed by atoms with van der Waals surface area (Å²) in [4.78, 5) is 24.4. The van der Waals surface area contributed by atoms with Gasteiger partial charge in [0.25, 0.3) is 0 Å². The molecule has 0 saturated heterocycles. The van der Waals surface area contributed by atoms with Crippen molar-refractivity contribution in [2.45, 2.75) is 6.92 Å². The van der Waals surface area contributed by atoms with Crippen LogP contribution in [0.2, 0.25) is 0 Å². The first-order chi connectivity index (χ1) is 9.45. The zero-order valence-electron chi connectivity index (χ0n) is 12.0. The highest BCUT2D eigenvalue weighted by atomic mass is 16.5. The number of nitrogens with zero attached hydrogens (tertiary/aromatic N) is 1. The quantitative estimate of drug-likeness (QED) is 0.725. The molecule has 1 rings (SSSR count). The molecule has 1 aromatic rings. The third-order valence-corrected chi connectivity index (χ3v) is 2.89. The topological polar surface area (TPSA) is 78.9 Å². The van der Waals surface area contributed by atoms with Gasteiger partial charge in [0.1, 0.15) is 0 Å². The number of amides is 1. The van der Waals surface area contributed by atoms with E-state index in [1.54, 1.807) is 44.2 Å². The Morgan fingerprint density at radius 1 is 1.40 bits per heavy atom. The summed E-state index contributed by atoms with van der Waals surface area (Å²) in [6.45, 7) is 2.89. The van der Waals surface area contributed by atoms with Crippen molar-refractivity contribution in [3.05, 3.63) is 29.3 Å². The van der Waals surface area contributed by atoms with Crippen molar-refractivity contribution in [2.75, 3.05) is 38.8 Å². The molecule has 0 aromatic heterocycles. The van der Waals surface area contributed by atoms with E-state index in [2.05, 4.69) is 5.32 Å². The van der Waals surface area contributed by atoms with Gasteiger partial charge in [0.15, 0.2) is 0 Å². The Kier molecular flexibility index (Phi) is 5.99. The Morgan fingerprint density at radius 2 is 2.10 bits per heavy atom. The van der Waals surface area contributed by atoms with E-state index in [9.17, 15) is 9.59 Å². The molecule has 0 fully saturated rings. The molecule has 0 aliphatic carbocycles. The highest BCUT2D eigenvalue weighted by Crippen LogP contribution is 2.18. The maximum atomic E-state index is 11.7. The molecule has 0 atom stereocenters. The minimum Gasteiger partial charge on any atom is -0.478 e. The van der Waals surface area contributed by atoms with Crippen LogP contribution in [0.15, 0.2) is 18.2 Å². The summed E-state index contributed by atoms with van der Waals surface area (Å²) in [7, 11) is 3.36. The van der Waals surface area contributed by atoms with Crippen molar-refractivity contribution in [3.8, 4) is 0 Å². The first-order valence-electron chi connectivity index (χ1n) is 6.26. The molecule has 0 aliphatic heterocycles. The zero-order valence-corrected chi connectivity index (χ0v) is 12.0. The SMILES string of the molecule is COCCNC(=O)CN(C)c1ccc(C(=O)O)c(C)c1. The molecule has 6 nitrogen and oxygen atoms in total. The van der Waals surface area contributed by atoms with Crippen LogP contribution >= 0.6 is 0 Å². The van der Waals surface area contributed by atoms with E-state index in [-0.39, 0.29) is 18.0 Å². The Labute approximate surface area is 118 Å². The smallest absolute Gasteiger partial charge is 0.335 e. The highest BCUT2D eigenvalue weighted by molar-refractivity contribution is 5.90. The molecule has 0 radical (unpaired) electrons. The van der Waals surface area contributed by atoms with Crippen LogP contribution in [0, 0.1) is 6.92 Å². The average Bonchev–Trinajstić information content (AvgIpc) is 2.38. The number of hydrogen-bond donors (Lipinski definition) is 2. The van der Waals surface area contributed by atoms with E-state index in [1.165, 1.54) is 0 Å². The standard InChI is InChI=1S/C14H20N2O4/c1-10-8-11(4-5-12(10)14(18)19)16(2)9-13(17)15-6-7-20-3/h4-5,8H,6-7,9H2,1-3H3,(H,15,17)(H,18,19). The van der Waals surface area contributed by atoms with Crippen molar-refractivity contribution < 1.29 is 19.4 Å². The molecule has 6 heteroatoms. The monoisotopic (exact) mass is 280 g/mol. The maximum absolute atomic E-state index is 11.7. The summed E-state index contributed by atoms with van der Waals surface area (Å²) < 4.78 is 4.85. The molecule has 0 bridgehead atoms. The van der Waals surface area contributed by atoms with Crippen LogP contribution in [-0.2, 0) is 9.53 Å². The van der Waals surface area contributed by atoms with Gasteiger partial charge >= 0.3 is 5.97 Å². The lowest BCUT2D eigenvalue weighted by Gasteiger charge is -2.19. The van der Waals surface area contributed by atoms with Crippen LogP contribution in [0.3, 0.4) is 0 Å². The van der Waals surface area contributed by atoms with Crippen LogP contribution in [0.4, 0.5) is 5.69 Å². The summed E-state index contributed by atoms with van der Waals surface area (Å²) in [5, 5.41) is 11.7. The second-order valence-electron chi connectivity index (χ2n) is 4.50. The van der Waals surface area contributed by atoms with Gasteiger partial charge in [-0.1, -0.05) is 0 Å². The van der Waals surface area contributed by atoms with Gasteiger partial charge < -0.3 is 20.1 Å².